The van der Waals surface area contributed by atoms with Gasteiger partial charge in [0.25, 0.3) is 0 Å². The van der Waals surface area contributed by atoms with Gasteiger partial charge in [-0.15, -0.1) is 0 Å². The van der Waals surface area contributed by atoms with E-state index in [1.165, 1.54) is 0 Å². The molecule has 0 aliphatic carbocycles. The monoisotopic (exact) mass is 239 g/mol. The van der Waals surface area contributed by atoms with Crippen molar-refractivity contribution in [2.24, 2.45) is 0 Å². The van der Waals surface area contributed by atoms with E-state index in [0.29, 0.717) is 0 Å². The Morgan fingerprint density at radius 3 is 1.00 bits per heavy atom. The Kier molecular flexibility index (Phi) is 63.7. The average molecular weight is 238 g/mol. The van der Waals surface area contributed by atoms with Gasteiger partial charge < -0.3 is 0 Å². The summed E-state index contributed by atoms with van der Waals surface area (Å²) in [7, 11) is -1.00. The van der Waals surface area contributed by atoms with E-state index in [1.807, 2.05) is 0 Å². The van der Waals surface area contributed by atoms with Crippen molar-refractivity contribution >= 4 is 14.7 Å². The molecule has 0 fully saturated rings. The maximum Gasteiger partial charge on any atom is 2.00 e. The molecule has 1 radical (unpaired) electrons. The maximum absolute atomic E-state index is 8.25. The maximum atomic E-state index is 8.25. The van der Waals surface area contributed by atoms with Gasteiger partial charge in [0.05, 0.1) is 0 Å². The molecule has 0 atom stereocenters. The zero-order valence-corrected chi connectivity index (χ0v) is 5.59. The zero-order valence-electron chi connectivity index (χ0n) is 3.17. The zero-order chi connectivity index (χ0) is 5.41. The van der Waals surface area contributed by atoms with Crippen LogP contribution in [0.1, 0.15) is 0 Å². The third kappa shape index (κ3) is 200. The van der Waals surface area contributed by atoms with Crippen LogP contribution in [0.3, 0.4) is 0 Å². The molecule has 0 rings (SSSR count). The topological polar surface area (TPSA) is 80.3 Å². The van der Waals surface area contributed by atoms with E-state index in [1.54, 1.807) is 0 Å². The van der Waals surface area contributed by atoms with Gasteiger partial charge >= 0.3 is 83.5 Å². The summed E-state index contributed by atoms with van der Waals surface area (Å²) in [6.45, 7) is 0. The van der Waals surface area contributed by atoms with E-state index in [4.69, 9.17) is 19.5 Å². The second-order valence-electron chi connectivity index (χ2n) is 0.192. The van der Waals surface area contributed by atoms with Crippen LogP contribution in [0.4, 0.5) is 0 Å². The first kappa shape index (κ1) is 15.7. The Morgan fingerprint density at radius 2 is 1.00 bits per heavy atom. The summed E-state index contributed by atoms with van der Waals surface area (Å²) in [5, 5.41) is 16.5. The molecule has 0 aromatic rings. The van der Waals surface area contributed by atoms with Crippen molar-refractivity contribution < 1.29 is 68.8 Å². The summed E-state index contributed by atoms with van der Waals surface area (Å²) in [4.78, 5) is 0. The molecule has 0 aliphatic heterocycles. The molecule has 4 nitrogen and oxygen atoms in total. The Bertz CT molecular complexity index is 30.7. The summed E-state index contributed by atoms with van der Waals surface area (Å²) in [5.41, 5.74) is 0. The van der Waals surface area contributed by atoms with Crippen molar-refractivity contribution in [3.8, 4) is 0 Å². The second kappa shape index (κ2) is 28.5. The van der Waals surface area contributed by atoms with E-state index in [9.17, 15) is 0 Å². The van der Waals surface area contributed by atoms with E-state index >= 15 is 0 Å². The fourth-order valence-corrected chi connectivity index (χ4v) is 0. The average Bonchev–Trinajstić information content (AvgIpc) is 1.39. The molecule has 0 aliphatic rings. The Balaban J connectivity index is -0.0000000400. The van der Waals surface area contributed by atoms with Crippen LogP contribution in [-0.2, 0) is 9.41 Å². The van der Waals surface area contributed by atoms with Crippen molar-refractivity contribution in [1.82, 2.24) is 0 Å². The molecule has 0 spiro atoms. The number of rotatable bonds is 0. The summed E-state index contributed by atoms with van der Waals surface area (Å²) < 4.78 is 16.5. The Morgan fingerprint density at radius 1 is 1.00 bits per heavy atom. The first-order chi connectivity index (χ1) is 2.83. The number of hydrogen-bond acceptors (Lipinski definition) is 4. The van der Waals surface area contributed by atoms with Crippen LogP contribution in [0, 0.1) is 49.4 Å². The van der Waals surface area contributed by atoms with Gasteiger partial charge in [-0.05, 0) is 0 Å². The predicted octanol–water partition coefficient (Wildman–Crippen LogP) is -3.38. The van der Waals surface area contributed by atoms with Crippen molar-refractivity contribution in [3.05, 3.63) is 0 Å². The van der Waals surface area contributed by atoms with Crippen molar-refractivity contribution in [3.63, 3.8) is 0 Å². The van der Waals surface area contributed by atoms with Gasteiger partial charge in [0.1, 0.15) is 0 Å². The third-order valence-corrected chi connectivity index (χ3v) is 0. The van der Waals surface area contributed by atoms with Gasteiger partial charge in [-0.3, -0.25) is 0 Å². The van der Waals surface area contributed by atoms with Crippen molar-refractivity contribution in [2.75, 3.05) is 0 Å². The first-order valence-corrected chi connectivity index (χ1v) is 0.943. The van der Waals surface area contributed by atoms with Gasteiger partial charge in [0.2, 0.25) is 0 Å². The van der Waals surface area contributed by atoms with Gasteiger partial charge in [-0.25, -0.2) is 0 Å². The largest absolute Gasteiger partial charge is 2.00 e. The smallest absolute Gasteiger partial charge is 2.00 e. The third-order valence-electron chi connectivity index (χ3n) is 0. The van der Waals surface area contributed by atoms with E-state index in [2.05, 4.69) is 0 Å². The van der Waals surface area contributed by atoms with Crippen LogP contribution in [0.15, 0.2) is 0 Å². The Hall–Kier alpha value is 0.914. The van der Waals surface area contributed by atoms with Crippen LogP contribution in [-0.4, -0.2) is 14.7 Å². The molecule has 0 saturated heterocycles. The van der Waals surface area contributed by atoms with Crippen molar-refractivity contribution in [1.29, 1.82) is 0 Å². The summed E-state index contributed by atoms with van der Waals surface area (Å²) in [5.74, 6) is 0. The van der Waals surface area contributed by atoms with Crippen LogP contribution < -0.4 is 10.0 Å². The molecule has 0 aromatic heterocycles. The SMILES string of the molecule is O=B[O-].O=B[O-].[Eu+2]. The van der Waals surface area contributed by atoms with Crippen LogP contribution >= 0.6 is 0 Å². The van der Waals surface area contributed by atoms with E-state index in [0.717, 1.165) is 0 Å². The molecule has 0 heterocycles. The Labute approximate surface area is 82.4 Å². The minimum absolute atomic E-state index is 0. The minimum atomic E-state index is -0.500. The van der Waals surface area contributed by atoms with Gasteiger partial charge in [0.15, 0.2) is 0 Å². The molecule has 37 valence electrons. The summed E-state index contributed by atoms with van der Waals surface area (Å²) in [6, 6.07) is 0. The molecule has 0 N–H and O–H groups in total. The predicted molar refractivity (Wildman–Crippen MR) is 12.9 cm³/mol. The minimum Gasteiger partial charge on any atom is 2.00 e. The van der Waals surface area contributed by atoms with Gasteiger partial charge in [0, 0.05) is 0 Å². The second-order valence-corrected chi connectivity index (χ2v) is 0.192. The molecular formula is B2EuO4. The standard InChI is InChI=1S/2BO2.Eu/c2*2-1-3;/q2*-1;+2. The fraction of sp³-hybridized carbons (Fsp3) is 0. The molecule has 7 heavy (non-hydrogen) atoms. The van der Waals surface area contributed by atoms with Crippen LogP contribution in [0.5, 0.6) is 0 Å². The molecule has 0 amide bonds. The molecular weight excluding hydrogens is 238 g/mol. The quantitative estimate of drug-likeness (QED) is 0.412. The van der Waals surface area contributed by atoms with Crippen LogP contribution in [0.25, 0.3) is 0 Å². The van der Waals surface area contributed by atoms with E-state index in [-0.39, 0.29) is 49.4 Å². The normalized spacial score (nSPS) is 2.29. The summed E-state index contributed by atoms with van der Waals surface area (Å²) in [6.07, 6.45) is 0. The van der Waals surface area contributed by atoms with Crippen LogP contribution in [0.2, 0.25) is 0 Å². The summed E-state index contributed by atoms with van der Waals surface area (Å²) >= 11 is 0. The fourth-order valence-electron chi connectivity index (χ4n) is 0. The van der Waals surface area contributed by atoms with Gasteiger partial charge in [-0.2, -0.15) is 0 Å². The molecule has 7 heteroatoms. The molecule has 0 bridgehead atoms. The molecule has 0 unspecified atom stereocenters. The van der Waals surface area contributed by atoms with E-state index < -0.39 is 14.7 Å². The van der Waals surface area contributed by atoms with Crippen molar-refractivity contribution in [2.45, 2.75) is 0 Å². The molecule has 0 saturated carbocycles. The van der Waals surface area contributed by atoms with Gasteiger partial charge in [-0.1, -0.05) is 0 Å². The first-order valence-electron chi connectivity index (χ1n) is 0.943. The molecule has 0 aromatic carbocycles. The number of hydrogen-bond donors (Lipinski definition) is 0.